The Balaban J connectivity index is 1.89. The van der Waals surface area contributed by atoms with Crippen LogP contribution in [0.1, 0.15) is 44.9 Å². The molecule has 0 aromatic rings. The van der Waals surface area contributed by atoms with Crippen LogP contribution in [0, 0.1) is 11.3 Å². The molecule has 2 saturated carbocycles. The van der Waals surface area contributed by atoms with Gasteiger partial charge in [0.2, 0.25) is 0 Å². The molecule has 0 unspecified atom stereocenters. The third kappa shape index (κ3) is 1.35. The maximum Gasteiger partial charge on any atom is 0.309 e. The lowest BCUT2D eigenvalue weighted by Crippen LogP contribution is -2.17. The van der Waals surface area contributed by atoms with Crippen LogP contribution in [0.25, 0.3) is 0 Å². The van der Waals surface area contributed by atoms with Crippen LogP contribution in [-0.4, -0.2) is 11.1 Å². The SMILES string of the molecule is O=C(O)C1(CC2CCCC2)CC1. The van der Waals surface area contributed by atoms with Gasteiger partial charge < -0.3 is 5.11 Å². The fourth-order valence-electron chi connectivity index (χ4n) is 2.42. The Labute approximate surface area is 73.0 Å². The first-order chi connectivity index (χ1) is 5.73. The van der Waals surface area contributed by atoms with Gasteiger partial charge in [-0.3, -0.25) is 4.79 Å². The van der Waals surface area contributed by atoms with E-state index in [4.69, 9.17) is 5.11 Å². The Kier molecular flexibility index (Phi) is 1.85. The number of carbonyl (C=O) groups is 1. The lowest BCUT2D eigenvalue weighted by Gasteiger charge is -2.14. The van der Waals surface area contributed by atoms with Crippen molar-refractivity contribution < 1.29 is 9.90 Å². The molecule has 0 radical (unpaired) electrons. The molecule has 0 atom stereocenters. The van der Waals surface area contributed by atoms with Crippen LogP contribution in [-0.2, 0) is 4.79 Å². The van der Waals surface area contributed by atoms with Crippen molar-refractivity contribution in [2.24, 2.45) is 11.3 Å². The summed E-state index contributed by atoms with van der Waals surface area (Å²) in [6.07, 6.45) is 8.00. The van der Waals surface area contributed by atoms with E-state index in [1.807, 2.05) is 0 Å². The minimum atomic E-state index is -0.547. The standard InChI is InChI=1S/C10H16O2/c11-9(12)10(5-6-10)7-8-3-1-2-4-8/h8H,1-7H2,(H,11,12). The fourth-order valence-corrected chi connectivity index (χ4v) is 2.42. The maximum absolute atomic E-state index is 10.9. The molecule has 2 rings (SSSR count). The van der Waals surface area contributed by atoms with Gasteiger partial charge >= 0.3 is 5.97 Å². The summed E-state index contributed by atoms with van der Waals surface area (Å²) in [5.74, 6) is 0.179. The van der Waals surface area contributed by atoms with Gasteiger partial charge in [0, 0.05) is 0 Å². The second-order valence-electron chi connectivity index (χ2n) is 4.44. The van der Waals surface area contributed by atoms with Crippen molar-refractivity contribution in [2.75, 3.05) is 0 Å². The van der Waals surface area contributed by atoms with E-state index in [9.17, 15) is 4.79 Å². The molecule has 0 saturated heterocycles. The monoisotopic (exact) mass is 168 g/mol. The molecule has 0 amide bonds. The van der Waals surface area contributed by atoms with Crippen molar-refractivity contribution in [3.63, 3.8) is 0 Å². The first-order valence-electron chi connectivity index (χ1n) is 4.96. The van der Waals surface area contributed by atoms with E-state index >= 15 is 0 Å². The van der Waals surface area contributed by atoms with Crippen LogP contribution in [0.15, 0.2) is 0 Å². The Bertz CT molecular complexity index is 188. The Morgan fingerprint density at radius 2 is 1.92 bits per heavy atom. The highest BCUT2D eigenvalue weighted by Crippen LogP contribution is 2.52. The smallest absolute Gasteiger partial charge is 0.309 e. The number of hydrogen-bond donors (Lipinski definition) is 1. The van der Waals surface area contributed by atoms with E-state index in [0.29, 0.717) is 0 Å². The predicted octanol–water partition coefficient (Wildman–Crippen LogP) is 2.43. The van der Waals surface area contributed by atoms with Crippen LogP contribution >= 0.6 is 0 Å². The Morgan fingerprint density at radius 3 is 2.33 bits per heavy atom. The molecule has 0 spiro atoms. The van der Waals surface area contributed by atoms with Crippen molar-refractivity contribution in [1.82, 2.24) is 0 Å². The lowest BCUT2D eigenvalue weighted by molar-refractivity contribution is -0.144. The molecule has 2 heteroatoms. The third-order valence-corrected chi connectivity index (χ3v) is 3.46. The topological polar surface area (TPSA) is 37.3 Å². The van der Waals surface area contributed by atoms with Crippen molar-refractivity contribution in [1.29, 1.82) is 0 Å². The average Bonchev–Trinajstić information content (AvgIpc) is 2.60. The molecular formula is C10H16O2. The average molecular weight is 168 g/mol. The normalized spacial score (nSPS) is 27.3. The van der Waals surface area contributed by atoms with Crippen molar-refractivity contribution in [3.05, 3.63) is 0 Å². The minimum absolute atomic E-state index is 0.269. The van der Waals surface area contributed by atoms with Gasteiger partial charge in [-0.25, -0.2) is 0 Å². The molecule has 2 aliphatic rings. The number of carboxylic acid groups (broad SMARTS) is 1. The second-order valence-corrected chi connectivity index (χ2v) is 4.44. The summed E-state index contributed by atoms with van der Waals surface area (Å²) in [6, 6.07) is 0. The Hall–Kier alpha value is -0.530. The van der Waals surface area contributed by atoms with Crippen molar-refractivity contribution >= 4 is 5.97 Å². The fraction of sp³-hybridized carbons (Fsp3) is 0.900. The van der Waals surface area contributed by atoms with Crippen LogP contribution < -0.4 is 0 Å². The van der Waals surface area contributed by atoms with Gasteiger partial charge in [0.15, 0.2) is 0 Å². The van der Waals surface area contributed by atoms with Gasteiger partial charge in [-0.2, -0.15) is 0 Å². The van der Waals surface area contributed by atoms with E-state index in [-0.39, 0.29) is 5.41 Å². The van der Waals surface area contributed by atoms with E-state index in [1.165, 1.54) is 25.7 Å². The number of hydrogen-bond acceptors (Lipinski definition) is 1. The summed E-state index contributed by atoms with van der Waals surface area (Å²) in [4.78, 5) is 10.9. The summed E-state index contributed by atoms with van der Waals surface area (Å²) in [7, 11) is 0. The lowest BCUT2D eigenvalue weighted by atomic mass is 9.91. The molecule has 2 nitrogen and oxygen atoms in total. The Morgan fingerprint density at radius 1 is 1.33 bits per heavy atom. The van der Waals surface area contributed by atoms with Gasteiger partial charge in [0.25, 0.3) is 0 Å². The molecule has 12 heavy (non-hydrogen) atoms. The van der Waals surface area contributed by atoms with Crippen LogP contribution in [0.5, 0.6) is 0 Å². The van der Waals surface area contributed by atoms with Gasteiger partial charge in [0.05, 0.1) is 5.41 Å². The zero-order valence-electron chi connectivity index (χ0n) is 7.38. The summed E-state index contributed by atoms with van der Waals surface area (Å²) in [6.45, 7) is 0. The highest BCUT2D eigenvalue weighted by molar-refractivity contribution is 5.77. The predicted molar refractivity (Wildman–Crippen MR) is 45.9 cm³/mol. The van der Waals surface area contributed by atoms with Crippen molar-refractivity contribution in [2.45, 2.75) is 44.9 Å². The van der Waals surface area contributed by atoms with Crippen LogP contribution in [0.4, 0.5) is 0 Å². The molecule has 2 aliphatic carbocycles. The van der Waals surface area contributed by atoms with E-state index in [0.717, 1.165) is 25.2 Å². The van der Waals surface area contributed by atoms with Crippen LogP contribution in [0.2, 0.25) is 0 Å². The third-order valence-electron chi connectivity index (χ3n) is 3.46. The first kappa shape index (κ1) is 8.09. The maximum atomic E-state index is 10.9. The summed E-state index contributed by atoms with van der Waals surface area (Å²) in [5, 5.41) is 8.96. The molecule has 0 aliphatic heterocycles. The summed E-state index contributed by atoms with van der Waals surface area (Å²) >= 11 is 0. The quantitative estimate of drug-likeness (QED) is 0.702. The minimum Gasteiger partial charge on any atom is -0.481 e. The molecule has 1 N–H and O–H groups in total. The number of rotatable bonds is 3. The van der Waals surface area contributed by atoms with Gasteiger partial charge in [-0.1, -0.05) is 25.7 Å². The summed E-state index contributed by atoms with van der Waals surface area (Å²) < 4.78 is 0. The molecule has 0 aromatic heterocycles. The zero-order chi connectivity index (χ0) is 8.60. The molecule has 0 aromatic carbocycles. The van der Waals surface area contributed by atoms with E-state index < -0.39 is 5.97 Å². The highest BCUT2D eigenvalue weighted by Gasteiger charge is 2.51. The zero-order valence-corrected chi connectivity index (χ0v) is 7.38. The highest BCUT2D eigenvalue weighted by atomic mass is 16.4. The number of aliphatic carboxylic acids is 1. The molecule has 68 valence electrons. The van der Waals surface area contributed by atoms with Gasteiger partial charge in [-0.05, 0) is 25.2 Å². The molecule has 0 bridgehead atoms. The largest absolute Gasteiger partial charge is 0.481 e. The molecule has 2 fully saturated rings. The van der Waals surface area contributed by atoms with E-state index in [1.54, 1.807) is 0 Å². The summed E-state index contributed by atoms with van der Waals surface area (Å²) in [5.41, 5.74) is -0.269. The van der Waals surface area contributed by atoms with Crippen molar-refractivity contribution in [3.8, 4) is 0 Å². The van der Waals surface area contributed by atoms with Gasteiger partial charge in [0.1, 0.15) is 0 Å². The first-order valence-corrected chi connectivity index (χ1v) is 4.96. The molecule has 0 heterocycles. The molecular weight excluding hydrogens is 152 g/mol. The van der Waals surface area contributed by atoms with E-state index in [2.05, 4.69) is 0 Å². The second kappa shape index (κ2) is 2.75. The number of carboxylic acids is 1. The van der Waals surface area contributed by atoms with Gasteiger partial charge in [-0.15, -0.1) is 0 Å². The van der Waals surface area contributed by atoms with Crippen LogP contribution in [0.3, 0.4) is 0 Å².